The summed E-state index contributed by atoms with van der Waals surface area (Å²) in [5, 5.41) is 8.68. The van der Waals surface area contributed by atoms with E-state index in [9.17, 15) is 9.59 Å². The van der Waals surface area contributed by atoms with Gasteiger partial charge in [0.25, 0.3) is 0 Å². The van der Waals surface area contributed by atoms with Crippen molar-refractivity contribution in [2.24, 2.45) is 17.8 Å². The van der Waals surface area contributed by atoms with Crippen molar-refractivity contribution < 1.29 is 28.9 Å². The highest BCUT2D eigenvalue weighted by Gasteiger charge is 2.40. The van der Waals surface area contributed by atoms with Gasteiger partial charge in [-0.1, -0.05) is 39.0 Å². The summed E-state index contributed by atoms with van der Waals surface area (Å²) in [4.78, 5) is 22.7. The van der Waals surface area contributed by atoms with Crippen LogP contribution in [0.15, 0.2) is 30.3 Å². The number of unbranched alkanes of at least 4 members (excludes halogenated alkanes) is 1. The molecule has 0 radical (unpaired) electrons. The molecule has 1 aliphatic heterocycles. The van der Waals surface area contributed by atoms with Crippen molar-refractivity contribution in [3.8, 4) is 0 Å². The van der Waals surface area contributed by atoms with Gasteiger partial charge in [-0.25, -0.2) is 4.79 Å². The summed E-state index contributed by atoms with van der Waals surface area (Å²) in [6.07, 6.45) is 0.807. The van der Waals surface area contributed by atoms with Gasteiger partial charge in [-0.2, -0.15) is 0 Å². The molecule has 1 fully saturated rings. The summed E-state index contributed by atoms with van der Waals surface area (Å²) in [5.74, 6) is -0.358. The second-order valence-corrected chi connectivity index (χ2v) is 7.31. The number of hydrogen-bond donors (Lipinski definition) is 1. The Morgan fingerprint density at radius 1 is 1.04 bits per heavy atom. The Morgan fingerprint density at radius 2 is 1.74 bits per heavy atom. The molecule has 5 unspecified atom stereocenters. The highest BCUT2D eigenvalue weighted by Crippen LogP contribution is 2.35. The minimum Gasteiger partial charge on any atom is -0.481 e. The number of carbonyl (C=O) groups excluding carboxylic acids is 1. The van der Waals surface area contributed by atoms with Crippen molar-refractivity contribution in [2.45, 2.75) is 52.4 Å². The molecule has 2 rings (SSSR count). The summed E-state index contributed by atoms with van der Waals surface area (Å²) < 4.78 is 17.4. The predicted molar refractivity (Wildman–Crippen MR) is 100 cm³/mol. The molecule has 0 spiro atoms. The Bertz CT molecular complexity index is 602. The monoisotopic (exact) mass is 378 g/mol. The van der Waals surface area contributed by atoms with E-state index in [-0.39, 0.29) is 43.2 Å². The number of hydrogen-bond acceptors (Lipinski definition) is 5. The quantitative estimate of drug-likeness (QED) is 0.521. The molecule has 1 aliphatic rings. The normalized spacial score (nSPS) is 27.9. The van der Waals surface area contributed by atoms with Crippen LogP contribution >= 0.6 is 0 Å². The largest absolute Gasteiger partial charge is 0.481 e. The van der Waals surface area contributed by atoms with Crippen molar-refractivity contribution in [2.75, 3.05) is 13.2 Å². The lowest BCUT2D eigenvalue weighted by Crippen LogP contribution is -2.48. The summed E-state index contributed by atoms with van der Waals surface area (Å²) in [7, 11) is 0. The Hall–Kier alpha value is -1.92. The van der Waals surface area contributed by atoms with Gasteiger partial charge >= 0.3 is 11.9 Å². The molecule has 0 aromatic heterocycles. The van der Waals surface area contributed by atoms with Crippen LogP contribution in [0.3, 0.4) is 0 Å². The Morgan fingerprint density at radius 3 is 2.41 bits per heavy atom. The fraction of sp³-hybridized carbons (Fsp3) is 0.619. The molecule has 1 N–H and O–H groups in total. The van der Waals surface area contributed by atoms with Gasteiger partial charge in [-0.05, 0) is 36.8 Å². The van der Waals surface area contributed by atoms with Gasteiger partial charge in [0, 0.05) is 18.9 Å². The molecule has 6 heteroatoms. The first-order valence-corrected chi connectivity index (χ1v) is 9.61. The zero-order valence-electron chi connectivity index (χ0n) is 16.3. The first-order chi connectivity index (χ1) is 12.9. The van der Waals surface area contributed by atoms with Crippen molar-refractivity contribution >= 4 is 11.9 Å². The fourth-order valence-electron chi connectivity index (χ4n) is 3.26. The number of aliphatic carboxylic acids is 1. The van der Waals surface area contributed by atoms with E-state index in [0.29, 0.717) is 30.9 Å². The SMILES string of the molecule is CC1C(COC(=O)c2ccccc2)OC(OCCCCC(=O)O)C(C)C1C. The van der Waals surface area contributed by atoms with Gasteiger partial charge < -0.3 is 19.3 Å². The zero-order chi connectivity index (χ0) is 19.8. The van der Waals surface area contributed by atoms with Crippen molar-refractivity contribution in [3.05, 3.63) is 35.9 Å². The molecule has 27 heavy (non-hydrogen) atoms. The molecular formula is C21H30O6. The topological polar surface area (TPSA) is 82.1 Å². The van der Waals surface area contributed by atoms with Crippen LogP contribution in [0.4, 0.5) is 0 Å². The fourth-order valence-corrected chi connectivity index (χ4v) is 3.26. The Balaban J connectivity index is 1.84. The third-order valence-electron chi connectivity index (χ3n) is 5.44. The third kappa shape index (κ3) is 6.33. The minimum atomic E-state index is -0.792. The molecule has 0 bridgehead atoms. The highest BCUT2D eigenvalue weighted by atomic mass is 16.7. The van der Waals surface area contributed by atoms with Gasteiger partial charge in [-0.3, -0.25) is 4.79 Å². The van der Waals surface area contributed by atoms with E-state index in [1.807, 2.05) is 6.07 Å². The lowest BCUT2D eigenvalue weighted by Gasteiger charge is -2.43. The van der Waals surface area contributed by atoms with Gasteiger partial charge in [0.05, 0.1) is 11.7 Å². The number of ether oxygens (including phenoxy) is 3. The second-order valence-electron chi connectivity index (χ2n) is 7.31. The molecule has 1 aromatic carbocycles. The Kier molecular flexibility index (Phi) is 8.25. The number of carboxylic acids is 1. The molecule has 0 saturated carbocycles. The molecule has 150 valence electrons. The van der Waals surface area contributed by atoms with Gasteiger partial charge in [0.1, 0.15) is 6.61 Å². The molecule has 0 aliphatic carbocycles. The summed E-state index contributed by atoms with van der Waals surface area (Å²) in [5.41, 5.74) is 0.522. The number of carbonyl (C=O) groups is 2. The van der Waals surface area contributed by atoms with E-state index in [1.54, 1.807) is 24.3 Å². The number of benzene rings is 1. The third-order valence-corrected chi connectivity index (χ3v) is 5.44. The first kappa shape index (κ1) is 21.4. The van der Waals surface area contributed by atoms with Crippen molar-refractivity contribution in [3.63, 3.8) is 0 Å². The summed E-state index contributed by atoms with van der Waals surface area (Å²) >= 11 is 0. The highest BCUT2D eigenvalue weighted by molar-refractivity contribution is 5.89. The van der Waals surface area contributed by atoms with Crippen molar-refractivity contribution in [1.29, 1.82) is 0 Å². The molecule has 1 aromatic rings. The maximum Gasteiger partial charge on any atom is 0.338 e. The molecular weight excluding hydrogens is 348 g/mol. The van der Waals surface area contributed by atoms with E-state index in [0.717, 1.165) is 0 Å². The zero-order valence-corrected chi connectivity index (χ0v) is 16.3. The Labute approximate surface area is 160 Å². The van der Waals surface area contributed by atoms with E-state index < -0.39 is 5.97 Å². The number of esters is 1. The van der Waals surface area contributed by atoms with Gasteiger partial charge in [0.2, 0.25) is 0 Å². The lowest BCUT2D eigenvalue weighted by molar-refractivity contribution is -0.254. The van der Waals surface area contributed by atoms with Gasteiger partial charge in [0.15, 0.2) is 6.29 Å². The smallest absolute Gasteiger partial charge is 0.338 e. The summed E-state index contributed by atoms with van der Waals surface area (Å²) in [6, 6.07) is 8.90. The first-order valence-electron chi connectivity index (χ1n) is 9.61. The van der Waals surface area contributed by atoms with Crippen LogP contribution in [0, 0.1) is 17.8 Å². The van der Waals surface area contributed by atoms with E-state index in [4.69, 9.17) is 19.3 Å². The van der Waals surface area contributed by atoms with Crippen LogP contribution in [0.1, 0.15) is 50.4 Å². The van der Waals surface area contributed by atoms with E-state index >= 15 is 0 Å². The molecule has 1 saturated heterocycles. The van der Waals surface area contributed by atoms with Crippen LogP contribution in [0.2, 0.25) is 0 Å². The maximum absolute atomic E-state index is 12.2. The van der Waals surface area contributed by atoms with E-state index in [1.165, 1.54) is 0 Å². The summed E-state index contributed by atoms with van der Waals surface area (Å²) in [6.45, 7) is 7.00. The average molecular weight is 378 g/mol. The number of carboxylic acid groups (broad SMARTS) is 1. The standard InChI is InChI=1S/C21H30O6/c1-14-15(2)18(13-26-20(24)17-9-5-4-6-10-17)27-21(16(14)3)25-12-8-7-11-19(22)23/h4-6,9-10,14-16,18,21H,7-8,11-13H2,1-3H3,(H,22,23). The van der Waals surface area contributed by atoms with Gasteiger partial charge in [-0.15, -0.1) is 0 Å². The molecule has 1 heterocycles. The number of rotatable bonds is 9. The van der Waals surface area contributed by atoms with Crippen LogP contribution in [0.25, 0.3) is 0 Å². The van der Waals surface area contributed by atoms with Crippen LogP contribution in [-0.4, -0.2) is 42.7 Å². The van der Waals surface area contributed by atoms with Crippen LogP contribution in [-0.2, 0) is 19.0 Å². The molecule has 5 atom stereocenters. The second kappa shape index (κ2) is 10.4. The molecule has 6 nitrogen and oxygen atoms in total. The molecule has 0 amide bonds. The van der Waals surface area contributed by atoms with Crippen LogP contribution in [0.5, 0.6) is 0 Å². The predicted octanol–water partition coefficient (Wildman–Crippen LogP) is 3.75. The minimum absolute atomic E-state index is 0.149. The maximum atomic E-state index is 12.2. The average Bonchev–Trinajstić information content (AvgIpc) is 2.66. The van der Waals surface area contributed by atoms with Crippen molar-refractivity contribution in [1.82, 2.24) is 0 Å². The van der Waals surface area contributed by atoms with E-state index in [2.05, 4.69) is 20.8 Å². The van der Waals surface area contributed by atoms with Crippen LogP contribution < -0.4 is 0 Å². The lowest BCUT2D eigenvalue weighted by atomic mass is 9.79.